The lowest BCUT2D eigenvalue weighted by Gasteiger charge is -2.03. The minimum atomic E-state index is -0.953. The van der Waals surface area contributed by atoms with Gasteiger partial charge >= 0.3 is 5.97 Å². The van der Waals surface area contributed by atoms with Gasteiger partial charge in [0.25, 0.3) is 0 Å². The minimum absolute atomic E-state index is 0.200. The van der Waals surface area contributed by atoms with Gasteiger partial charge in [-0.1, -0.05) is 5.21 Å². The fraction of sp³-hybridized carbons (Fsp3) is 0.250. The summed E-state index contributed by atoms with van der Waals surface area (Å²) in [5.41, 5.74) is 2.70. The molecule has 0 aliphatic rings. The number of thiophene rings is 1. The van der Waals surface area contributed by atoms with Gasteiger partial charge in [0.1, 0.15) is 24.4 Å². The van der Waals surface area contributed by atoms with Crippen molar-refractivity contribution < 1.29 is 9.90 Å². The van der Waals surface area contributed by atoms with Crippen LogP contribution >= 0.6 is 11.3 Å². The number of hydrogen-bond donors (Lipinski definition) is 2. The van der Waals surface area contributed by atoms with Crippen LogP contribution in [0.1, 0.15) is 11.3 Å². The molecule has 3 heterocycles. The topological polar surface area (TPSA) is 106 Å². The molecule has 0 saturated heterocycles. The van der Waals surface area contributed by atoms with Gasteiger partial charge in [0, 0.05) is 0 Å². The molecular formula is C12H12N6O2S. The van der Waals surface area contributed by atoms with Crippen molar-refractivity contribution in [3.05, 3.63) is 29.2 Å². The van der Waals surface area contributed by atoms with Crippen molar-refractivity contribution in [3.63, 3.8) is 0 Å². The number of hydrogen-bond acceptors (Lipinski definition) is 7. The van der Waals surface area contributed by atoms with Crippen molar-refractivity contribution >= 4 is 33.3 Å². The summed E-state index contributed by atoms with van der Waals surface area (Å²) in [6.45, 7) is 2.23. The monoisotopic (exact) mass is 304 g/mol. The van der Waals surface area contributed by atoms with Crippen LogP contribution in [0.25, 0.3) is 10.2 Å². The van der Waals surface area contributed by atoms with E-state index in [0.717, 1.165) is 21.6 Å². The van der Waals surface area contributed by atoms with Gasteiger partial charge in [-0.05, 0) is 17.9 Å². The third kappa shape index (κ3) is 2.82. The predicted octanol–water partition coefficient (Wildman–Crippen LogP) is 1.29. The number of nitrogens with zero attached hydrogens (tertiary/aromatic N) is 5. The van der Waals surface area contributed by atoms with Gasteiger partial charge in [-0.2, -0.15) is 0 Å². The molecule has 0 aromatic carbocycles. The summed E-state index contributed by atoms with van der Waals surface area (Å²) in [4.78, 5) is 19.1. The third-order valence-electron chi connectivity index (χ3n) is 2.85. The normalized spacial score (nSPS) is 10.9. The molecule has 0 bridgehead atoms. The van der Waals surface area contributed by atoms with E-state index in [0.29, 0.717) is 12.2 Å². The van der Waals surface area contributed by atoms with Crippen LogP contribution in [0.3, 0.4) is 0 Å². The second-order valence-electron chi connectivity index (χ2n) is 4.47. The van der Waals surface area contributed by atoms with Gasteiger partial charge in [0.05, 0.1) is 23.0 Å². The third-order valence-corrected chi connectivity index (χ3v) is 3.95. The molecule has 108 valence electrons. The van der Waals surface area contributed by atoms with E-state index >= 15 is 0 Å². The van der Waals surface area contributed by atoms with E-state index in [1.165, 1.54) is 11.0 Å². The van der Waals surface area contributed by atoms with E-state index in [1.807, 2.05) is 12.3 Å². The first kappa shape index (κ1) is 13.4. The molecule has 0 unspecified atom stereocenters. The van der Waals surface area contributed by atoms with Crippen molar-refractivity contribution in [2.24, 2.45) is 0 Å². The van der Waals surface area contributed by atoms with Gasteiger partial charge in [-0.25, -0.2) is 14.6 Å². The molecule has 3 aromatic heterocycles. The Morgan fingerprint density at radius 1 is 1.48 bits per heavy atom. The molecule has 0 amide bonds. The van der Waals surface area contributed by atoms with Gasteiger partial charge < -0.3 is 10.4 Å². The molecule has 0 aliphatic heterocycles. The van der Waals surface area contributed by atoms with Crippen LogP contribution in [0.5, 0.6) is 0 Å². The number of aliphatic carboxylic acids is 1. The number of carboxylic acid groups (broad SMARTS) is 1. The van der Waals surface area contributed by atoms with E-state index in [-0.39, 0.29) is 6.54 Å². The van der Waals surface area contributed by atoms with Crippen molar-refractivity contribution in [3.8, 4) is 0 Å². The predicted molar refractivity (Wildman–Crippen MR) is 77.1 cm³/mol. The summed E-state index contributed by atoms with van der Waals surface area (Å²) in [6.07, 6.45) is 3.12. The van der Waals surface area contributed by atoms with Gasteiger partial charge in [-0.15, -0.1) is 16.4 Å². The van der Waals surface area contributed by atoms with E-state index < -0.39 is 5.97 Å². The fourth-order valence-electron chi connectivity index (χ4n) is 1.90. The lowest BCUT2D eigenvalue weighted by Crippen LogP contribution is -2.09. The minimum Gasteiger partial charge on any atom is -0.480 e. The highest BCUT2D eigenvalue weighted by Gasteiger charge is 2.09. The van der Waals surface area contributed by atoms with Crippen LogP contribution in [0.4, 0.5) is 5.82 Å². The SMILES string of the molecule is Cc1csc2c(NCc3cn(CC(=O)O)nn3)ncnc12. The van der Waals surface area contributed by atoms with Crippen molar-refractivity contribution in [1.29, 1.82) is 0 Å². The highest BCUT2D eigenvalue weighted by atomic mass is 32.1. The first-order valence-corrected chi connectivity index (χ1v) is 7.05. The highest BCUT2D eigenvalue weighted by Crippen LogP contribution is 2.28. The van der Waals surface area contributed by atoms with E-state index in [2.05, 4.69) is 25.6 Å². The molecule has 3 aromatic rings. The number of nitrogens with one attached hydrogen (secondary N) is 1. The van der Waals surface area contributed by atoms with Crippen LogP contribution in [-0.2, 0) is 17.9 Å². The average molecular weight is 304 g/mol. The molecule has 0 aliphatic carbocycles. The van der Waals surface area contributed by atoms with Crippen LogP contribution in [0.15, 0.2) is 17.9 Å². The lowest BCUT2D eigenvalue weighted by molar-refractivity contribution is -0.137. The maximum atomic E-state index is 10.6. The largest absolute Gasteiger partial charge is 0.480 e. The summed E-state index contributed by atoms with van der Waals surface area (Å²) in [5, 5.41) is 21.6. The summed E-state index contributed by atoms with van der Waals surface area (Å²) >= 11 is 1.58. The number of aromatic nitrogens is 5. The standard InChI is InChI=1S/C12H12N6O2S/c1-7-5-21-11-10(7)14-6-15-12(11)13-2-8-3-18(17-16-8)4-9(19)20/h3,5-6H,2,4H2,1H3,(H,19,20)(H,13,14,15). The number of anilines is 1. The number of aryl methyl sites for hydroxylation is 1. The maximum absolute atomic E-state index is 10.6. The Balaban J connectivity index is 1.74. The number of carboxylic acids is 1. The van der Waals surface area contributed by atoms with Crippen molar-refractivity contribution in [1.82, 2.24) is 25.0 Å². The number of fused-ring (bicyclic) bond motifs is 1. The Hall–Kier alpha value is -2.55. The number of rotatable bonds is 5. The van der Waals surface area contributed by atoms with Crippen molar-refractivity contribution in [2.75, 3.05) is 5.32 Å². The Morgan fingerprint density at radius 2 is 2.33 bits per heavy atom. The first-order chi connectivity index (χ1) is 10.1. The van der Waals surface area contributed by atoms with Crippen molar-refractivity contribution in [2.45, 2.75) is 20.0 Å². The van der Waals surface area contributed by atoms with E-state index in [9.17, 15) is 4.79 Å². The fourth-order valence-corrected chi connectivity index (χ4v) is 2.87. The second kappa shape index (κ2) is 5.44. The molecule has 0 radical (unpaired) electrons. The summed E-state index contributed by atoms with van der Waals surface area (Å²) in [6, 6.07) is 0. The zero-order valence-corrected chi connectivity index (χ0v) is 12.0. The first-order valence-electron chi connectivity index (χ1n) is 6.17. The van der Waals surface area contributed by atoms with Crippen LogP contribution in [0.2, 0.25) is 0 Å². The molecule has 0 spiro atoms. The zero-order valence-electron chi connectivity index (χ0n) is 11.1. The molecule has 0 atom stereocenters. The maximum Gasteiger partial charge on any atom is 0.325 e. The molecule has 0 fully saturated rings. The van der Waals surface area contributed by atoms with Crippen LogP contribution in [0, 0.1) is 6.92 Å². The Bertz CT molecular complexity index is 796. The molecular weight excluding hydrogens is 292 g/mol. The van der Waals surface area contributed by atoms with E-state index in [4.69, 9.17) is 5.11 Å². The van der Waals surface area contributed by atoms with Crippen LogP contribution < -0.4 is 5.32 Å². The molecule has 9 heteroatoms. The Morgan fingerprint density at radius 3 is 3.14 bits per heavy atom. The second-order valence-corrected chi connectivity index (χ2v) is 5.35. The Kier molecular flexibility index (Phi) is 3.48. The molecule has 21 heavy (non-hydrogen) atoms. The van der Waals surface area contributed by atoms with Crippen LogP contribution in [-0.4, -0.2) is 36.0 Å². The Labute approximate surface area is 123 Å². The quantitative estimate of drug-likeness (QED) is 0.731. The lowest BCUT2D eigenvalue weighted by atomic mass is 10.3. The molecule has 2 N–H and O–H groups in total. The summed E-state index contributed by atoms with van der Waals surface area (Å²) in [5.74, 6) is -0.211. The van der Waals surface area contributed by atoms with Gasteiger partial charge in [-0.3, -0.25) is 4.79 Å². The van der Waals surface area contributed by atoms with Gasteiger partial charge in [0.2, 0.25) is 0 Å². The zero-order chi connectivity index (χ0) is 14.8. The molecule has 0 saturated carbocycles. The van der Waals surface area contributed by atoms with E-state index in [1.54, 1.807) is 17.5 Å². The smallest absolute Gasteiger partial charge is 0.325 e. The molecule has 8 nitrogen and oxygen atoms in total. The number of carbonyl (C=O) groups is 1. The molecule has 3 rings (SSSR count). The summed E-state index contributed by atoms with van der Waals surface area (Å²) in [7, 11) is 0. The average Bonchev–Trinajstić information content (AvgIpc) is 3.04. The highest BCUT2D eigenvalue weighted by molar-refractivity contribution is 7.18. The summed E-state index contributed by atoms with van der Waals surface area (Å²) < 4.78 is 2.28. The van der Waals surface area contributed by atoms with Gasteiger partial charge in [0.15, 0.2) is 0 Å².